The maximum atomic E-state index is 11.9. The highest BCUT2D eigenvalue weighted by molar-refractivity contribution is 5.81. The molecule has 1 heterocycles. The predicted octanol–water partition coefficient (Wildman–Crippen LogP) is 1.35. The molecule has 0 aliphatic heterocycles. The first kappa shape index (κ1) is 15.3. The second-order valence-electron chi connectivity index (χ2n) is 5.08. The first-order valence-corrected chi connectivity index (χ1v) is 7.28. The molecule has 0 fully saturated rings. The lowest BCUT2D eigenvalue weighted by molar-refractivity contribution is -0.122. The molecule has 5 heteroatoms. The van der Waals surface area contributed by atoms with Crippen molar-refractivity contribution < 1.29 is 4.79 Å². The van der Waals surface area contributed by atoms with Crippen molar-refractivity contribution in [2.75, 3.05) is 6.54 Å². The number of hydrogen-bond acceptors (Lipinski definition) is 3. The zero-order chi connectivity index (χ0) is 14.9. The highest BCUT2D eigenvalue weighted by Gasteiger charge is 2.12. The molecule has 0 aliphatic rings. The minimum absolute atomic E-state index is 0.0726. The number of aryl methyl sites for hydroxylation is 2. The fraction of sp³-hybridized carbons (Fsp3) is 0.375. The number of hydrogen-bond donors (Lipinski definition) is 2. The van der Waals surface area contributed by atoms with E-state index in [0.717, 1.165) is 19.4 Å². The van der Waals surface area contributed by atoms with Gasteiger partial charge in [0.05, 0.1) is 12.4 Å². The highest BCUT2D eigenvalue weighted by atomic mass is 16.2. The molecule has 0 saturated carbocycles. The van der Waals surface area contributed by atoms with Crippen LogP contribution in [0.25, 0.3) is 0 Å². The SMILES string of the molecule is N[C@@H](CCc1ccccc1)C(=O)NCCCn1ccnc1. The average Bonchev–Trinajstić information content (AvgIpc) is 3.03. The summed E-state index contributed by atoms with van der Waals surface area (Å²) in [6.45, 7) is 1.48. The molecule has 0 aliphatic carbocycles. The number of benzene rings is 1. The highest BCUT2D eigenvalue weighted by Crippen LogP contribution is 2.04. The van der Waals surface area contributed by atoms with Crippen molar-refractivity contribution in [3.63, 3.8) is 0 Å². The Balaban J connectivity index is 1.61. The second-order valence-corrected chi connectivity index (χ2v) is 5.08. The summed E-state index contributed by atoms with van der Waals surface area (Å²) in [6.07, 6.45) is 7.79. The van der Waals surface area contributed by atoms with Gasteiger partial charge < -0.3 is 15.6 Å². The van der Waals surface area contributed by atoms with Crippen molar-refractivity contribution in [2.24, 2.45) is 5.73 Å². The van der Waals surface area contributed by atoms with E-state index in [0.29, 0.717) is 13.0 Å². The lowest BCUT2D eigenvalue weighted by Gasteiger charge is -2.12. The Labute approximate surface area is 125 Å². The van der Waals surface area contributed by atoms with Crippen LogP contribution in [0.5, 0.6) is 0 Å². The molecule has 0 saturated heterocycles. The van der Waals surface area contributed by atoms with Crippen LogP contribution in [0.3, 0.4) is 0 Å². The molecule has 2 aromatic rings. The molecule has 0 spiro atoms. The van der Waals surface area contributed by atoms with Crippen molar-refractivity contribution in [3.8, 4) is 0 Å². The molecule has 1 aromatic carbocycles. The zero-order valence-electron chi connectivity index (χ0n) is 12.1. The van der Waals surface area contributed by atoms with Gasteiger partial charge in [0.15, 0.2) is 0 Å². The van der Waals surface area contributed by atoms with Gasteiger partial charge in [-0.1, -0.05) is 30.3 Å². The lowest BCUT2D eigenvalue weighted by atomic mass is 10.1. The first-order valence-electron chi connectivity index (χ1n) is 7.28. The van der Waals surface area contributed by atoms with Gasteiger partial charge in [0, 0.05) is 25.5 Å². The molecular formula is C16H22N4O. The molecule has 0 unspecified atom stereocenters. The summed E-state index contributed by atoms with van der Waals surface area (Å²) < 4.78 is 1.99. The van der Waals surface area contributed by atoms with Gasteiger partial charge in [0.1, 0.15) is 0 Å². The standard InChI is InChI=1S/C16H22N4O/c17-15(8-7-14-5-2-1-3-6-14)16(21)19-9-4-11-20-12-10-18-13-20/h1-3,5-6,10,12-13,15H,4,7-9,11,17H2,(H,19,21)/t15-/m0/s1. The molecule has 1 aromatic heterocycles. The van der Waals surface area contributed by atoms with Crippen LogP contribution in [0.4, 0.5) is 0 Å². The number of amides is 1. The molecular weight excluding hydrogens is 264 g/mol. The number of carbonyl (C=O) groups excluding carboxylic acids is 1. The normalized spacial score (nSPS) is 12.0. The van der Waals surface area contributed by atoms with Crippen LogP contribution in [0.1, 0.15) is 18.4 Å². The molecule has 21 heavy (non-hydrogen) atoms. The van der Waals surface area contributed by atoms with Crippen LogP contribution >= 0.6 is 0 Å². The van der Waals surface area contributed by atoms with E-state index in [-0.39, 0.29) is 5.91 Å². The lowest BCUT2D eigenvalue weighted by Crippen LogP contribution is -2.41. The van der Waals surface area contributed by atoms with Crippen molar-refractivity contribution in [1.82, 2.24) is 14.9 Å². The van der Waals surface area contributed by atoms with Crippen LogP contribution in [-0.2, 0) is 17.8 Å². The third-order valence-electron chi connectivity index (χ3n) is 3.38. The van der Waals surface area contributed by atoms with E-state index < -0.39 is 6.04 Å². The Bertz CT molecular complexity index is 524. The minimum atomic E-state index is -0.446. The van der Waals surface area contributed by atoms with Crippen LogP contribution in [0.2, 0.25) is 0 Å². The topological polar surface area (TPSA) is 72.9 Å². The summed E-state index contributed by atoms with van der Waals surface area (Å²) >= 11 is 0. The number of nitrogens with one attached hydrogen (secondary N) is 1. The van der Waals surface area contributed by atoms with E-state index in [1.807, 2.05) is 29.0 Å². The molecule has 1 atom stereocenters. The first-order chi connectivity index (χ1) is 10.3. The molecule has 1 amide bonds. The maximum absolute atomic E-state index is 11.9. The molecule has 5 nitrogen and oxygen atoms in total. The van der Waals surface area contributed by atoms with Crippen LogP contribution in [0, 0.1) is 0 Å². The summed E-state index contributed by atoms with van der Waals surface area (Å²) in [5.41, 5.74) is 7.12. The molecule has 0 radical (unpaired) electrons. The predicted molar refractivity (Wildman–Crippen MR) is 82.6 cm³/mol. The minimum Gasteiger partial charge on any atom is -0.355 e. The van der Waals surface area contributed by atoms with Crippen molar-refractivity contribution in [1.29, 1.82) is 0 Å². The van der Waals surface area contributed by atoms with Crippen molar-refractivity contribution in [2.45, 2.75) is 31.8 Å². The fourth-order valence-electron chi connectivity index (χ4n) is 2.12. The fourth-order valence-corrected chi connectivity index (χ4v) is 2.12. The van der Waals surface area contributed by atoms with Crippen LogP contribution in [-0.4, -0.2) is 28.0 Å². The van der Waals surface area contributed by atoms with Gasteiger partial charge in [-0.25, -0.2) is 4.98 Å². The smallest absolute Gasteiger partial charge is 0.236 e. The number of imidazole rings is 1. The Morgan fingerprint density at radius 1 is 1.33 bits per heavy atom. The zero-order valence-corrected chi connectivity index (χ0v) is 12.1. The van der Waals surface area contributed by atoms with Gasteiger partial charge in [0.2, 0.25) is 5.91 Å². The quantitative estimate of drug-likeness (QED) is 0.719. The number of nitrogens with zero attached hydrogens (tertiary/aromatic N) is 2. The van der Waals surface area contributed by atoms with Gasteiger partial charge in [-0.15, -0.1) is 0 Å². The van der Waals surface area contributed by atoms with E-state index in [2.05, 4.69) is 22.4 Å². The number of nitrogens with two attached hydrogens (primary N) is 1. The van der Waals surface area contributed by atoms with E-state index in [4.69, 9.17) is 5.73 Å². The summed E-state index contributed by atoms with van der Waals surface area (Å²) in [7, 11) is 0. The van der Waals surface area contributed by atoms with Crippen molar-refractivity contribution >= 4 is 5.91 Å². The number of carbonyl (C=O) groups is 1. The third-order valence-corrected chi connectivity index (χ3v) is 3.38. The van der Waals surface area contributed by atoms with Gasteiger partial charge in [-0.05, 0) is 24.8 Å². The van der Waals surface area contributed by atoms with Crippen molar-refractivity contribution in [3.05, 3.63) is 54.6 Å². The van der Waals surface area contributed by atoms with E-state index in [1.165, 1.54) is 5.56 Å². The monoisotopic (exact) mass is 286 g/mol. The maximum Gasteiger partial charge on any atom is 0.236 e. The summed E-state index contributed by atoms with van der Waals surface area (Å²) in [5.74, 6) is -0.0726. The Morgan fingerprint density at radius 3 is 2.86 bits per heavy atom. The third kappa shape index (κ3) is 5.39. The second kappa shape index (κ2) is 8.21. The van der Waals surface area contributed by atoms with Gasteiger partial charge >= 0.3 is 0 Å². The summed E-state index contributed by atoms with van der Waals surface area (Å²) in [6, 6.07) is 9.63. The van der Waals surface area contributed by atoms with Crippen LogP contribution < -0.4 is 11.1 Å². The Morgan fingerprint density at radius 2 is 2.14 bits per heavy atom. The number of rotatable bonds is 8. The Kier molecular flexibility index (Phi) is 5.97. The summed E-state index contributed by atoms with van der Waals surface area (Å²) in [5, 5.41) is 2.88. The van der Waals surface area contributed by atoms with Gasteiger partial charge in [-0.2, -0.15) is 0 Å². The average molecular weight is 286 g/mol. The molecule has 112 valence electrons. The van der Waals surface area contributed by atoms with E-state index in [1.54, 1.807) is 12.5 Å². The molecule has 3 N–H and O–H groups in total. The Hall–Kier alpha value is -2.14. The molecule has 0 bridgehead atoms. The summed E-state index contributed by atoms with van der Waals surface area (Å²) in [4.78, 5) is 15.8. The van der Waals surface area contributed by atoms with Crippen LogP contribution in [0.15, 0.2) is 49.1 Å². The van der Waals surface area contributed by atoms with E-state index in [9.17, 15) is 4.79 Å². The van der Waals surface area contributed by atoms with E-state index >= 15 is 0 Å². The largest absolute Gasteiger partial charge is 0.355 e. The number of aromatic nitrogens is 2. The molecule has 2 rings (SSSR count). The van der Waals surface area contributed by atoms with Gasteiger partial charge in [0.25, 0.3) is 0 Å². The van der Waals surface area contributed by atoms with Gasteiger partial charge in [-0.3, -0.25) is 4.79 Å².